The molecule has 0 fully saturated rings. The van der Waals surface area contributed by atoms with Crippen LogP contribution >= 0.6 is 0 Å². The van der Waals surface area contributed by atoms with Crippen molar-refractivity contribution in [1.29, 1.82) is 0 Å². The summed E-state index contributed by atoms with van der Waals surface area (Å²) in [6, 6.07) is 106. The van der Waals surface area contributed by atoms with E-state index in [1.54, 1.807) is 12.5 Å². The number of para-hydroxylation sites is 2. The molecule has 0 aliphatic heterocycles. The van der Waals surface area contributed by atoms with Crippen LogP contribution in [-0.2, 0) is 32.5 Å². The molecular formula is C128H108N10O2. The van der Waals surface area contributed by atoms with Crippen LogP contribution < -0.4 is 0 Å². The summed E-state index contributed by atoms with van der Waals surface area (Å²) in [6.07, 6.45) is 11.5. The van der Waals surface area contributed by atoms with E-state index < -0.39 is 0 Å². The molecule has 0 saturated heterocycles. The molecule has 0 unspecified atom stereocenters. The third kappa shape index (κ3) is 14.0. The highest BCUT2D eigenvalue weighted by Gasteiger charge is 2.34. The number of furan rings is 2. The van der Waals surface area contributed by atoms with E-state index in [0.29, 0.717) is 11.6 Å². The molecule has 0 radical (unpaired) electrons. The molecule has 26 aromatic rings. The van der Waals surface area contributed by atoms with E-state index in [0.717, 1.165) is 102 Å². The highest BCUT2D eigenvalue weighted by atomic mass is 16.3. The van der Waals surface area contributed by atoms with Gasteiger partial charge in [0.15, 0.2) is 11.6 Å². The zero-order valence-corrected chi connectivity index (χ0v) is 82.5. The number of fused-ring (bicyclic) bond motifs is 18. The van der Waals surface area contributed by atoms with Gasteiger partial charge in [0.2, 0.25) is 0 Å². The second kappa shape index (κ2) is 31.8. The molecule has 0 bridgehead atoms. The van der Waals surface area contributed by atoms with Crippen molar-refractivity contribution < 1.29 is 8.83 Å². The van der Waals surface area contributed by atoms with Crippen LogP contribution in [0, 0.1) is 0 Å². The Morgan fingerprint density at radius 3 is 0.729 bits per heavy atom. The zero-order valence-electron chi connectivity index (χ0n) is 82.5. The van der Waals surface area contributed by atoms with Gasteiger partial charge in [-0.25, -0.2) is 39.9 Å². The fourth-order valence-electron chi connectivity index (χ4n) is 21.8. The second-order valence-electron chi connectivity index (χ2n) is 44.1. The van der Waals surface area contributed by atoms with Crippen molar-refractivity contribution in [2.75, 3.05) is 0 Å². The predicted molar refractivity (Wildman–Crippen MR) is 586 cm³/mol. The van der Waals surface area contributed by atoms with Crippen LogP contribution in [0.1, 0.15) is 159 Å². The fraction of sp³-hybridized carbons (Fsp3) is 0.188. The molecule has 12 heteroatoms. The maximum Gasteiger partial charge on any atom is 0.164 e. The highest BCUT2D eigenvalue weighted by molar-refractivity contribution is 6.46. The second-order valence-corrected chi connectivity index (χ2v) is 44.1. The Kier molecular flexibility index (Phi) is 19.8. The first-order valence-corrected chi connectivity index (χ1v) is 48.8. The predicted octanol–water partition coefficient (Wildman–Crippen LogP) is 34.4. The summed E-state index contributed by atoms with van der Waals surface area (Å²) in [6.45, 7) is 39.8. The first-order chi connectivity index (χ1) is 67.3. The monoisotopic (exact) mass is 1820 g/mol. The van der Waals surface area contributed by atoms with Crippen LogP contribution in [0.5, 0.6) is 0 Å². The minimum atomic E-state index is -0.253. The van der Waals surface area contributed by atoms with Crippen molar-refractivity contribution in [3.8, 4) is 79.6 Å². The summed E-state index contributed by atoms with van der Waals surface area (Å²) < 4.78 is 16.5. The normalized spacial score (nSPS) is 12.8. The standard InChI is InChI=1S/C46H48N6.C42H26N4.C40H34O2/c1-43(2,3)39-47-37(48-40(51-39)44(4,5)6)31-23-21-29-26-18-14-16-20-28(26)34-32(38-49-41(45(7,8)9)52-42(50-38)46(10,11)12)24-22-30-25-17-13-15-19-27(25)33(31)35(29)36(30)34;1-3-11-27(12-4-1)45-25-23-43-41(45)35-21-19-33-30-16-8-10-18-32(30)38-36(42-44-24-26-46(42)28-13-5-2-6-14-28)22-20-34-29-15-7-9-17-31(29)37(35)39(33)40(34)38;1-39(2,3)23-11-13-25-31(21-23)27-15-17-30(34-10-8-20-42-34)36-26-14-12-24(40(4,5)6)22-32(26)28-16-18-29(33-9-7-19-41-33)35(25)38(28)37(27)36/h13-24H,1-12H3;1-26H;7-22H,1-6H3. The average Bonchev–Trinajstić information content (AvgIpc) is 1.05. The molecular weight excluding hydrogens is 1710 g/mol. The van der Waals surface area contributed by atoms with Crippen LogP contribution in [0.3, 0.4) is 0 Å². The van der Waals surface area contributed by atoms with Crippen molar-refractivity contribution >= 4 is 162 Å². The Labute approximate surface area is 813 Å². The van der Waals surface area contributed by atoms with Gasteiger partial charge in [-0.15, -0.1) is 0 Å². The van der Waals surface area contributed by atoms with E-state index in [9.17, 15) is 0 Å². The quantitative estimate of drug-likeness (QED) is 0.107. The van der Waals surface area contributed by atoms with E-state index in [1.165, 1.54) is 162 Å². The van der Waals surface area contributed by atoms with Gasteiger partial charge in [0.25, 0.3) is 0 Å². The van der Waals surface area contributed by atoms with E-state index in [1.807, 2.05) is 24.5 Å². The minimum absolute atomic E-state index is 0.0329. The third-order valence-electron chi connectivity index (χ3n) is 28.7. The van der Waals surface area contributed by atoms with Gasteiger partial charge in [0.1, 0.15) is 46.5 Å². The van der Waals surface area contributed by atoms with Crippen molar-refractivity contribution in [2.24, 2.45) is 0 Å². The average molecular weight is 1820 g/mol. The Hall–Kier alpha value is -15.9. The molecule has 0 N–H and O–H groups in total. The summed E-state index contributed by atoms with van der Waals surface area (Å²) in [5.41, 5.74) is 10.4. The van der Waals surface area contributed by atoms with Gasteiger partial charge in [-0.3, -0.25) is 9.13 Å². The first-order valence-electron chi connectivity index (χ1n) is 48.8. The van der Waals surface area contributed by atoms with Gasteiger partial charge < -0.3 is 8.83 Å². The number of hydrogen-bond acceptors (Lipinski definition) is 10. The van der Waals surface area contributed by atoms with Crippen LogP contribution in [0.2, 0.25) is 0 Å². The molecule has 140 heavy (non-hydrogen) atoms. The van der Waals surface area contributed by atoms with Crippen LogP contribution in [0.25, 0.3) is 241 Å². The fourth-order valence-corrected chi connectivity index (χ4v) is 21.8. The Morgan fingerprint density at radius 1 is 0.200 bits per heavy atom. The van der Waals surface area contributed by atoms with E-state index in [4.69, 9.17) is 48.7 Å². The van der Waals surface area contributed by atoms with Gasteiger partial charge in [-0.1, -0.05) is 319 Å². The lowest BCUT2D eigenvalue weighted by atomic mass is 9.79. The largest absolute Gasteiger partial charge is 0.464 e. The highest BCUT2D eigenvalue weighted by Crippen LogP contribution is 2.56. The summed E-state index contributed by atoms with van der Waals surface area (Å²) in [5, 5.41) is 37.0. The number of aromatic nitrogens is 10. The summed E-state index contributed by atoms with van der Waals surface area (Å²) in [4.78, 5) is 40.9. The van der Waals surface area contributed by atoms with Crippen molar-refractivity contribution in [1.82, 2.24) is 49.0 Å². The minimum Gasteiger partial charge on any atom is -0.464 e. The molecule has 0 atom stereocenters. The molecule has 12 nitrogen and oxygen atoms in total. The Morgan fingerprint density at radius 2 is 0.443 bits per heavy atom. The van der Waals surface area contributed by atoms with E-state index in [-0.39, 0.29) is 32.5 Å². The van der Waals surface area contributed by atoms with Gasteiger partial charge >= 0.3 is 0 Å². The lowest BCUT2D eigenvalue weighted by molar-refractivity contribution is 0.497. The molecule has 26 rings (SSSR count). The summed E-state index contributed by atoms with van der Waals surface area (Å²) in [7, 11) is 0. The molecule has 0 saturated carbocycles. The molecule has 20 aromatic carbocycles. The van der Waals surface area contributed by atoms with Crippen molar-refractivity contribution in [3.05, 3.63) is 363 Å². The number of hydrogen-bond donors (Lipinski definition) is 0. The number of benzene rings is 20. The third-order valence-corrected chi connectivity index (χ3v) is 28.7. The number of imidazole rings is 2. The molecule has 6 heterocycles. The maximum absolute atomic E-state index is 6.06. The maximum atomic E-state index is 6.06. The molecule has 0 amide bonds. The van der Waals surface area contributed by atoms with Gasteiger partial charge in [-0.2, -0.15) is 0 Å². The summed E-state index contributed by atoms with van der Waals surface area (Å²) in [5.74, 6) is 8.23. The SMILES string of the molecule is CC(C)(C)c1ccc2c(c1)c1ccc(-c3ccco3)c3c4ccc(C(C)(C)C)cc4c4ccc(-c5ccco5)c2c4c13.CC(C)(C)c1nc(-c2ccc3c4ccccc4c4c(-c5nc(C(C)(C)C)nc(C(C)(C)C)n5)ccc5c6ccccc6c2c3c54)nc(C(C)(C)C)n1.c1ccc(-n2ccnc2-c2ccc3c4ccccc4c4c(-c5nccn5-c5ccccc5)ccc5c6ccccc6c2c3c54)cc1. The van der Waals surface area contributed by atoms with Crippen LogP contribution in [0.15, 0.2) is 337 Å². The molecule has 6 aromatic heterocycles. The zero-order chi connectivity index (χ0) is 96.3. The molecule has 0 aliphatic rings. The van der Waals surface area contributed by atoms with E-state index in [2.05, 4.69) is 425 Å². The van der Waals surface area contributed by atoms with Crippen LogP contribution in [-0.4, -0.2) is 49.0 Å². The number of nitrogens with zero attached hydrogens (tertiary/aromatic N) is 10. The topological polar surface area (TPSA) is 139 Å². The van der Waals surface area contributed by atoms with Crippen LogP contribution in [0.4, 0.5) is 0 Å². The lowest BCUT2D eigenvalue weighted by Crippen LogP contribution is -2.24. The Bertz CT molecular complexity index is 8860. The van der Waals surface area contributed by atoms with E-state index >= 15 is 0 Å². The van der Waals surface area contributed by atoms with Gasteiger partial charge in [-0.05, 0) is 248 Å². The molecule has 0 aliphatic carbocycles. The number of rotatable bonds is 8. The summed E-state index contributed by atoms with van der Waals surface area (Å²) >= 11 is 0. The lowest BCUT2D eigenvalue weighted by Gasteiger charge is -2.25. The van der Waals surface area contributed by atoms with Gasteiger partial charge in [0, 0.05) is 124 Å². The van der Waals surface area contributed by atoms with Crippen molar-refractivity contribution in [3.63, 3.8) is 0 Å². The Balaban J connectivity index is 0.000000114. The first kappa shape index (κ1) is 86.9. The van der Waals surface area contributed by atoms with Gasteiger partial charge in [0.05, 0.1) is 12.5 Å². The smallest absolute Gasteiger partial charge is 0.164 e. The molecule has 0 spiro atoms. The molecule has 682 valence electrons. The van der Waals surface area contributed by atoms with Crippen molar-refractivity contribution in [2.45, 2.75) is 157 Å².